The van der Waals surface area contributed by atoms with E-state index in [0.717, 1.165) is 12.1 Å². The monoisotopic (exact) mass is 420 g/mol. The van der Waals surface area contributed by atoms with Crippen LogP contribution in [-0.4, -0.2) is 60.2 Å². The van der Waals surface area contributed by atoms with Crippen LogP contribution in [0.15, 0.2) is 48.5 Å². The molecule has 0 radical (unpaired) electrons. The molecule has 5 amide bonds. The van der Waals surface area contributed by atoms with Crippen LogP contribution in [0.5, 0.6) is 0 Å². The number of carbonyl (C=O) groups is 4. The molecule has 0 bridgehead atoms. The zero-order valence-corrected chi connectivity index (χ0v) is 17.3. The van der Waals surface area contributed by atoms with Crippen molar-refractivity contribution in [2.24, 2.45) is 0 Å². The molecule has 2 aromatic carbocycles. The van der Waals surface area contributed by atoms with E-state index in [1.807, 2.05) is 24.3 Å². The molecule has 4 rings (SSSR count). The quantitative estimate of drug-likeness (QED) is 0.727. The van der Waals surface area contributed by atoms with Crippen molar-refractivity contribution in [1.29, 1.82) is 0 Å². The van der Waals surface area contributed by atoms with E-state index in [1.165, 1.54) is 15.4 Å². The summed E-state index contributed by atoms with van der Waals surface area (Å²) in [6.45, 7) is 0.966. The molecule has 2 heterocycles. The number of benzene rings is 2. The minimum Gasteiger partial charge on any atom is -0.326 e. The highest BCUT2D eigenvalue weighted by atomic mass is 16.2. The number of rotatable bonds is 6. The standard InChI is InChI=1S/C23H24N4O4/c1-25-15-21(29)27(23(25)31)13-4-7-20(28)24-18-10-8-17(9-11-18)22(30)26-14-12-16-5-2-3-6-19(16)26/h2-3,5-6,8-11H,4,7,12-15H2,1H3,(H,24,28). The van der Waals surface area contributed by atoms with Gasteiger partial charge in [-0.25, -0.2) is 4.79 Å². The Hall–Kier alpha value is -3.68. The number of fused-ring (bicyclic) bond motifs is 1. The average Bonchev–Trinajstić information content (AvgIpc) is 3.30. The second-order valence-electron chi connectivity index (χ2n) is 7.75. The van der Waals surface area contributed by atoms with Crippen molar-refractivity contribution in [2.75, 3.05) is 36.9 Å². The highest BCUT2D eigenvalue weighted by Gasteiger charge is 2.32. The van der Waals surface area contributed by atoms with E-state index in [2.05, 4.69) is 5.32 Å². The summed E-state index contributed by atoms with van der Waals surface area (Å²) >= 11 is 0. The third-order valence-electron chi connectivity index (χ3n) is 5.56. The van der Waals surface area contributed by atoms with Crippen molar-refractivity contribution >= 4 is 35.1 Å². The Balaban J connectivity index is 1.29. The van der Waals surface area contributed by atoms with E-state index in [0.29, 0.717) is 24.2 Å². The number of para-hydroxylation sites is 1. The van der Waals surface area contributed by atoms with Crippen molar-refractivity contribution < 1.29 is 19.2 Å². The molecule has 160 valence electrons. The van der Waals surface area contributed by atoms with Crippen LogP contribution < -0.4 is 10.2 Å². The van der Waals surface area contributed by atoms with Crippen LogP contribution in [0.4, 0.5) is 16.2 Å². The summed E-state index contributed by atoms with van der Waals surface area (Å²) in [5.74, 6) is -0.512. The van der Waals surface area contributed by atoms with E-state index in [-0.39, 0.29) is 43.3 Å². The van der Waals surface area contributed by atoms with Gasteiger partial charge in [-0.05, 0) is 48.7 Å². The Bertz CT molecular complexity index is 1030. The first-order chi connectivity index (χ1) is 14.9. The van der Waals surface area contributed by atoms with Gasteiger partial charge in [0.25, 0.3) is 5.91 Å². The van der Waals surface area contributed by atoms with Crippen LogP contribution in [-0.2, 0) is 16.0 Å². The average molecular weight is 420 g/mol. The maximum Gasteiger partial charge on any atom is 0.326 e. The van der Waals surface area contributed by atoms with E-state index < -0.39 is 0 Å². The molecule has 0 aromatic heterocycles. The van der Waals surface area contributed by atoms with Gasteiger partial charge in [-0.3, -0.25) is 19.3 Å². The van der Waals surface area contributed by atoms with Gasteiger partial charge < -0.3 is 15.1 Å². The van der Waals surface area contributed by atoms with E-state index >= 15 is 0 Å². The number of urea groups is 1. The molecule has 1 fully saturated rings. The number of nitrogens with zero attached hydrogens (tertiary/aromatic N) is 3. The number of hydrogen-bond acceptors (Lipinski definition) is 4. The Morgan fingerprint density at radius 3 is 2.48 bits per heavy atom. The number of amides is 5. The predicted octanol–water partition coefficient (Wildman–Crippen LogP) is 2.50. The zero-order valence-electron chi connectivity index (χ0n) is 17.3. The Kier molecular flexibility index (Phi) is 5.70. The van der Waals surface area contributed by atoms with Crippen LogP contribution in [0.25, 0.3) is 0 Å². The highest BCUT2D eigenvalue weighted by Crippen LogP contribution is 2.29. The first-order valence-corrected chi connectivity index (χ1v) is 10.3. The summed E-state index contributed by atoms with van der Waals surface area (Å²) in [7, 11) is 1.57. The summed E-state index contributed by atoms with van der Waals surface area (Å²) < 4.78 is 0. The van der Waals surface area contributed by atoms with E-state index in [4.69, 9.17) is 0 Å². The van der Waals surface area contributed by atoms with Crippen molar-refractivity contribution in [3.63, 3.8) is 0 Å². The Morgan fingerprint density at radius 2 is 1.77 bits per heavy atom. The fourth-order valence-corrected chi connectivity index (χ4v) is 3.91. The van der Waals surface area contributed by atoms with Crippen LogP contribution in [0.2, 0.25) is 0 Å². The molecule has 0 unspecified atom stereocenters. The van der Waals surface area contributed by atoms with Crippen molar-refractivity contribution in [3.8, 4) is 0 Å². The largest absolute Gasteiger partial charge is 0.326 e. The molecule has 0 aliphatic carbocycles. The molecule has 0 atom stereocenters. The Labute approximate surface area is 180 Å². The molecule has 2 aromatic rings. The lowest BCUT2D eigenvalue weighted by atomic mass is 10.1. The zero-order chi connectivity index (χ0) is 22.0. The smallest absolute Gasteiger partial charge is 0.326 e. The molecule has 31 heavy (non-hydrogen) atoms. The predicted molar refractivity (Wildman–Crippen MR) is 116 cm³/mol. The van der Waals surface area contributed by atoms with E-state index in [9.17, 15) is 19.2 Å². The lowest BCUT2D eigenvalue weighted by Crippen LogP contribution is -2.32. The van der Waals surface area contributed by atoms with Gasteiger partial charge in [-0.1, -0.05) is 18.2 Å². The van der Waals surface area contributed by atoms with Crippen LogP contribution in [0.1, 0.15) is 28.8 Å². The van der Waals surface area contributed by atoms with Gasteiger partial charge in [-0.15, -0.1) is 0 Å². The van der Waals surface area contributed by atoms with Gasteiger partial charge in [-0.2, -0.15) is 0 Å². The third kappa shape index (κ3) is 4.28. The van der Waals surface area contributed by atoms with E-state index in [1.54, 1.807) is 36.2 Å². The molecule has 2 aliphatic heterocycles. The van der Waals surface area contributed by atoms with Gasteiger partial charge >= 0.3 is 6.03 Å². The maximum absolute atomic E-state index is 12.9. The maximum atomic E-state index is 12.9. The minimum absolute atomic E-state index is 0.0623. The fraction of sp³-hybridized carbons (Fsp3) is 0.304. The number of imide groups is 1. The minimum atomic E-state index is -0.328. The number of anilines is 2. The van der Waals surface area contributed by atoms with Gasteiger partial charge in [0.1, 0.15) is 6.54 Å². The second kappa shape index (κ2) is 8.59. The van der Waals surface area contributed by atoms with Gasteiger partial charge in [0, 0.05) is 43.5 Å². The first kappa shape index (κ1) is 20.6. The molecule has 0 saturated carbocycles. The summed E-state index contributed by atoms with van der Waals surface area (Å²) in [4.78, 5) is 52.9. The lowest BCUT2D eigenvalue weighted by molar-refractivity contribution is -0.125. The van der Waals surface area contributed by atoms with Crippen LogP contribution in [0, 0.1) is 0 Å². The Morgan fingerprint density at radius 1 is 1.03 bits per heavy atom. The van der Waals surface area contributed by atoms with Crippen LogP contribution in [0.3, 0.4) is 0 Å². The summed E-state index contributed by atoms with van der Waals surface area (Å²) in [5.41, 5.74) is 3.27. The van der Waals surface area contributed by atoms with Crippen molar-refractivity contribution in [3.05, 3.63) is 59.7 Å². The molecule has 2 aliphatic rings. The normalized spacial score (nSPS) is 15.5. The highest BCUT2D eigenvalue weighted by molar-refractivity contribution is 6.07. The number of carbonyl (C=O) groups excluding carboxylic acids is 4. The molecular weight excluding hydrogens is 396 g/mol. The molecule has 1 saturated heterocycles. The second-order valence-corrected chi connectivity index (χ2v) is 7.75. The molecular formula is C23H24N4O4. The molecule has 8 heteroatoms. The molecule has 0 spiro atoms. The summed E-state index contributed by atoms with van der Waals surface area (Å²) in [5, 5.41) is 2.79. The molecule has 8 nitrogen and oxygen atoms in total. The number of hydrogen-bond donors (Lipinski definition) is 1. The number of likely N-dealkylation sites (N-methyl/N-ethyl adjacent to an activating group) is 1. The topological polar surface area (TPSA) is 90.0 Å². The van der Waals surface area contributed by atoms with Gasteiger partial charge in [0.15, 0.2) is 0 Å². The van der Waals surface area contributed by atoms with Crippen LogP contribution >= 0.6 is 0 Å². The molecule has 1 N–H and O–H groups in total. The van der Waals surface area contributed by atoms with Crippen molar-refractivity contribution in [2.45, 2.75) is 19.3 Å². The fourth-order valence-electron chi connectivity index (χ4n) is 3.91. The SMILES string of the molecule is CN1CC(=O)N(CCCC(=O)Nc2ccc(C(=O)N3CCc4ccccc43)cc2)C1=O. The summed E-state index contributed by atoms with van der Waals surface area (Å²) in [6.07, 6.45) is 1.43. The first-order valence-electron chi connectivity index (χ1n) is 10.3. The van der Waals surface area contributed by atoms with Gasteiger partial charge in [0.2, 0.25) is 11.8 Å². The van der Waals surface area contributed by atoms with Crippen molar-refractivity contribution in [1.82, 2.24) is 9.80 Å². The number of nitrogens with one attached hydrogen (secondary N) is 1. The summed E-state index contributed by atoms with van der Waals surface area (Å²) in [6, 6.07) is 14.4. The third-order valence-corrected chi connectivity index (χ3v) is 5.56. The van der Waals surface area contributed by atoms with Gasteiger partial charge in [0.05, 0.1) is 0 Å². The lowest BCUT2D eigenvalue weighted by Gasteiger charge is -2.17.